The molecule has 1 aromatic carbocycles. The Hall–Kier alpha value is -2.83. The second kappa shape index (κ2) is 5.18. The molecule has 1 aliphatic heterocycles. The Morgan fingerprint density at radius 2 is 2.14 bits per heavy atom. The van der Waals surface area contributed by atoms with E-state index >= 15 is 0 Å². The second-order valence-corrected chi connectivity index (χ2v) is 5.37. The summed E-state index contributed by atoms with van der Waals surface area (Å²) in [7, 11) is 3.44. The molecule has 0 radical (unpaired) electrons. The maximum absolute atomic E-state index is 12.2. The molecule has 0 saturated heterocycles. The van der Waals surface area contributed by atoms with Crippen LogP contribution in [-0.2, 0) is 13.5 Å². The zero-order valence-corrected chi connectivity index (χ0v) is 12.5. The Morgan fingerprint density at radius 3 is 2.82 bits per heavy atom. The molecular weight excluding hydrogens is 282 g/mol. The molecule has 114 valence electrons. The Morgan fingerprint density at radius 1 is 1.36 bits per heavy atom. The van der Waals surface area contributed by atoms with Crippen molar-refractivity contribution in [2.24, 2.45) is 7.05 Å². The van der Waals surface area contributed by atoms with Crippen molar-refractivity contribution >= 4 is 23.3 Å². The van der Waals surface area contributed by atoms with E-state index < -0.39 is 0 Å². The molecule has 2 heterocycles. The zero-order chi connectivity index (χ0) is 15.9. The monoisotopic (exact) mass is 299 g/mol. The summed E-state index contributed by atoms with van der Waals surface area (Å²) < 4.78 is 1.43. The number of fused-ring (bicyclic) bond motifs is 1. The van der Waals surface area contributed by atoms with Crippen LogP contribution in [0.15, 0.2) is 24.4 Å². The minimum absolute atomic E-state index is 0.0294. The van der Waals surface area contributed by atoms with Crippen molar-refractivity contribution in [2.45, 2.75) is 6.42 Å². The molecule has 0 aliphatic carbocycles. The number of hydrogen-bond acceptors (Lipinski definition) is 4. The first-order valence-electron chi connectivity index (χ1n) is 6.94. The van der Waals surface area contributed by atoms with Gasteiger partial charge in [-0.15, -0.1) is 0 Å². The van der Waals surface area contributed by atoms with Crippen LogP contribution in [0.3, 0.4) is 0 Å². The van der Waals surface area contributed by atoms with Gasteiger partial charge in [0.05, 0.1) is 6.20 Å². The molecule has 2 amide bonds. The summed E-state index contributed by atoms with van der Waals surface area (Å²) in [6, 6.07) is 5.38. The van der Waals surface area contributed by atoms with Crippen LogP contribution >= 0.6 is 0 Å². The number of aryl methyl sites for hydroxylation is 1. The molecule has 1 aromatic heterocycles. The van der Waals surface area contributed by atoms with Gasteiger partial charge in [-0.2, -0.15) is 5.10 Å². The van der Waals surface area contributed by atoms with E-state index in [0.29, 0.717) is 29.2 Å². The standard InChI is InChI=1S/C15H17N5O2/c1-19-6-5-9-3-4-10(7-11(9)15(19)22)18-14(21)12-8-17-20(2)13(12)16/h3-4,7-8H,5-6,16H2,1-2H3,(H,18,21). The van der Waals surface area contributed by atoms with E-state index in [9.17, 15) is 9.59 Å². The lowest BCUT2D eigenvalue weighted by atomic mass is 9.98. The Labute approximate surface area is 127 Å². The molecular formula is C15H17N5O2. The fourth-order valence-corrected chi connectivity index (χ4v) is 2.49. The summed E-state index contributed by atoms with van der Waals surface area (Å²) >= 11 is 0. The van der Waals surface area contributed by atoms with Gasteiger partial charge in [-0.1, -0.05) is 6.07 Å². The van der Waals surface area contributed by atoms with Crippen LogP contribution in [0.25, 0.3) is 0 Å². The van der Waals surface area contributed by atoms with Gasteiger partial charge in [0.25, 0.3) is 11.8 Å². The molecule has 0 spiro atoms. The van der Waals surface area contributed by atoms with Crippen molar-refractivity contribution in [2.75, 3.05) is 24.6 Å². The normalized spacial score (nSPS) is 13.9. The highest BCUT2D eigenvalue weighted by atomic mass is 16.2. The number of hydrogen-bond donors (Lipinski definition) is 2. The van der Waals surface area contributed by atoms with Gasteiger partial charge in [0.2, 0.25) is 0 Å². The Balaban J connectivity index is 1.86. The van der Waals surface area contributed by atoms with E-state index in [0.717, 1.165) is 12.0 Å². The van der Waals surface area contributed by atoms with Crippen molar-refractivity contribution in [3.63, 3.8) is 0 Å². The molecule has 0 saturated carbocycles. The van der Waals surface area contributed by atoms with Gasteiger partial charge >= 0.3 is 0 Å². The third-order valence-corrected chi connectivity index (χ3v) is 3.89. The summed E-state index contributed by atoms with van der Waals surface area (Å²) in [5.41, 5.74) is 8.29. The lowest BCUT2D eigenvalue weighted by molar-refractivity contribution is 0.0780. The molecule has 7 heteroatoms. The highest BCUT2D eigenvalue weighted by Crippen LogP contribution is 2.22. The van der Waals surface area contributed by atoms with E-state index in [2.05, 4.69) is 10.4 Å². The highest BCUT2D eigenvalue weighted by molar-refractivity contribution is 6.08. The molecule has 3 N–H and O–H groups in total. The van der Waals surface area contributed by atoms with E-state index in [1.165, 1.54) is 10.9 Å². The number of anilines is 2. The van der Waals surface area contributed by atoms with Gasteiger partial charge in [-0.05, 0) is 24.1 Å². The van der Waals surface area contributed by atoms with E-state index in [1.54, 1.807) is 31.1 Å². The minimum Gasteiger partial charge on any atom is -0.383 e. The molecule has 3 rings (SSSR count). The third kappa shape index (κ3) is 2.30. The Kier molecular flexibility index (Phi) is 3.32. The van der Waals surface area contributed by atoms with Gasteiger partial charge in [0, 0.05) is 31.9 Å². The fourth-order valence-electron chi connectivity index (χ4n) is 2.49. The summed E-state index contributed by atoms with van der Waals surface area (Å²) in [6.07, 6.45) is 2.24. The minimum atomic E-state index is -0.345. The predicted molar refractivity (Wildman–Crippen MR) is 82.7 cm³/mol. The molecule has 0 fully saturated rings. The number of aromatic nitrogens is 2. The lowest BCUT2D eigenvalue weighted by Crippen LogP contribution is -2.34. The third-order valence-electron chi connectivity index (χ3n) is 3.89. The molecule has 7 nitrogen and oxygen atoms in total. The molecule has 0 atom stereocenters. The van der Waals surface area contributed by atoms with Crippen LogP contribution in [-0.4, -0.2) is 40.1 Å². The van der Waals surface area contributed by atoms with Crippen LogP contribution in [0, 0.1) is 0 Å². The molecule has 0 unspecified atom stereocenters. The fraction of sp³-hybridized carbons (Fsp3) is 0.267. The van der Waals surface area contributed by atoms with Gasteiger partial charge in [-0.3, -0.25) is 14.3 Å². The van der Waals surface area contributed by atoms with Crippen LogP contribution in [0.1, 0.15) is 26.3 Å². The van der Waals surface area contributed by atoms with E-state index in [1.807, 2.05) is 6.07 Å². The van der Waals surface area contributed by atoms with Gasteiger partial charge in [0.1, 0.15) is 11.4 Å². The summed E-state index contributed by atoms with van der Waals surface area (Å²) in [5.74, 6) is -0.0772. The first kappa shape index (κ1) is 14.1. The number of nitrogens with zero attached hydrogens (tertiary/aromatic N) is 3. The second-order valence-electron chi connectivity index (χ2n) is 5.37. The molecule has 0 bridgehead atoms. The SMILES string of the molecule is CN1CCc2ccc(NC(=O)c3cnn(C)c3N)cc2C1=O. The molecule has 1 aliphatic rings. The number of likely N-dealkylation sites (N-methyl/N-ethyl adjacent to an activating group) is 1. The number of rotatable bonds is 2. The van der Waals surface area contributed by atoms with Crippen molar-refractivity contribution in [1.29, 1.82) is 0 Å². The van der Waals surface area contributed by atoms with Crippen molar-refractivity contribution in [3.05, 3.63) is 41.1 Å². The lowest BCUT2D eigenvalue weighted by Gasteiger charge is -2.25. The largest absolute Gasteiger partial charge is 0.383 e. The average molecular weight is 299 g/mol. The van der Waals surface area contributed by atoms with Gasteiger partial charge in [0.15, 0.2) is 0 Å². The van der Waals surface area contributed by atoms with Gasteiger partial charge in [-0.25, -0.2) is 0 Å². The smallest absolute Gasteiger partial charge is 0.261 e. The maximum Gasteiger partial charge on any atom is 0.261 e. The number of carbonyl (C=O) groups excluding carboxylic acids is 2. The van der Waals surface area contributed by atoms with Crippen LogP contribution in [0.2, 0.25) is 0 Å². The van der Waals surface area contributed by atoms with Gasteiger partial charge < -0.3 is 16.0 Å². The van der Waals surface area contributed by atoms with Crippen molar-refractivity contribution in [1.82, 2.24) is 14.7 Å². The summed E-state index contributed by atoms with van der Waals surface area (Å²) in [6.45, 7) is 0.712. The predicted octanol–water partition coefficient (Wildman–Crippen LogP) is 0.883. The number of nitrogens with one attached hydrogen (secondary N) is 1. The number of carbonyl (C=O) groups is 2. The molecule has 22 heavy (non-hydrogen) atoms. The first-order chi connectivity index (χ1) is 10.5. The van der Waals surface area contributed by atoms with Crippen LogP contribution in [0.4, 0.5) is 11.5 Å². The Bertz CT molecular complexity index is 765. The summed E-state index contributed by atoms with van der Waals surface area (Å²) in [5, 5.41) is 6.70. The quantitative estimate of drug-likeness (QED) is 0.861. The first-order valence-corrected chi connectivity index (χ1v) is 6.94. The average Bonchev–Trinajstić information content (AvgIpc) is 2.83. The maximum atomic E-state index is 12.2. The number of nitrogens with two attached hydrogens (primary N) is 1. The van der Waals surface area contributed by atoms with E-state index in [-0.39, 0.29) is 11.8 Å². The number of amides is 2. The van der Waals surface area contributed by atoms with Crippen molar-refractivity contribution in [3.8, 4) is 0 Å². The van der Waals surface area contributed by atoms with Crippen LogP contribution < -0.4 is 11.1 Å². The summed E-state index contributed by atoms with van der Waals surface area (Å²) in [4.78, 5) is 26.1. The highest BCUT2D eigenvalue weighted by Gasteiger charge is 2.22. The topological polar surface area (TPSA) is 93.2 Å². The zero-order valence-electron chi connectivity index (χ0n) is 12.5. The van der Waals surface area contributed by atoms with E-state index in [4.69, 9.17) is 5.73 Å². The molecule has 2 aromatic rings. The number of benzene rings is 1. The van der Waals surface area contributed by atoms with Crippen molar-refractivity contribution < 1.29 is 9.59 Å². The number of nitrogen functional groups attached to an aromatic ring is 1. The van der Waals surface area contributed by atoms with Crippen LogP contribution in [0.5, 0.6) is 0 Å².